The lowest BCUT2D eigenvalue weighted by atomic mass is 10.1. The summed E-state index contributed by atoms with van der Waals surface area (Å²) in [7, 11) is 5.05. The van der Waals surface area contributed by atoms with Gasteiger partial charge in [0.25, 0.3) is 0 Å². The Kier molecular flexibility index (Phi) is 18.8. The number of hydrogen-bond donors (Lipinski definition) is 3. The fourth-order valence-corrected chi connectivity index (χ4v) is 7.01. The normalized spacial score (nSPS) is 14.9. The quantitative estimate of drug-likeness (QED) is 0.324. The number of nitrogens with zero attached hydrogens (tertiary/aromatic N) is 2. The lowest BCUT2D eigenvalue weighted by molar-refractivity contribution is 0.308. The summed E-state index contributed by atoms with van der Waals surface area (Å²) in [5, 5.41) is 12.4. The summed E-state index contributed by atoms with van der Waals surface area (Å²) in [6.45, 7) is 18.0. The van der Waals surface area contributed by atoms with Crippen molar-refractivity contribution in [1.29, 1.82) is 0 Å². The van der Waals surface area contributed by atoms with Crippen molar-refractivity contribution in [2.45, 2.75) is 94.8 Å². The number of hydrogen-bond acceptors (Lipinski definition) is 9. The molecule has 11 heteroatoms. The highest BCUT2D eigenvalue weighted by atomic mass is 32.2. The first-order chi connectivity index (χ1) is 17.5. The SMILES string of the molecule is CC.CCC.CN1CCc2sc(SN)c(F)c2C1.CN1CCc2sc(SNC(C)(C)C)c(F)c2C1.CO. The molecule has 4 heterocycles. The molecule has 2 aromatic heterocycles. The summed E-state index contributed by atoms with van der Waals surface area (Å²) in [6, 6.07) is 0. The van der Waals surface area contributed by atoms with E-state index in [-0.39, 0.29) is 17.2 Å². The second kappa shape index (κ2) is 18.9. The third-order valence-electron chi connectivity index (χ3n) is 4.85. The molecule has 0 aromatic carbocycles. The summed E-state index contributed by atoms with van der Waals surface area (Å²) in [5.74, 6) is -0.114. The van der Waals surface area contributed by atoms with Crippen molar-refractivity contribution in [2.75, 3.05) is 34.3 Å². The Morgan fingerprint density at radius 2 is 1.27 bits per heavy atom. The second-order valence-electron chi connectivity index (χ2n) is 9.47. The van der Waals surface area contributed by atoms with Crippen LogP contribution in [0.4, 0.5) is 8.78 Å². The molecule has 2 aliphatic rings. The van der Waals surface area contributed by atoms with E-state index in [1.165, 1.54) is 39.5 Å². The van der Waals surface area contributed by atoms with E-state index in [1.54, 1.807) is 11.3 Å². The first kappa shape index (κ1) is 36.8. The molecule has 2 aromatic rings. The first-order valence-electron chi connectivity index (χ1n) is 12.7. The highest BCUT2D eigenvalue weighted by molar-refractivity contribution is 7.99. The smallest absolute Gasteiger partial charge is 0.153 e. The number of thiophene rings is 2. The van der Waals surface area contributed by atoms with Gasteiger partial charge >= 0.3 is 0 Å². The molecule has 0 unspecified atom stereocenters. The number of halogens is 2. The van der Waals surface area contributed by atoms with E-state index in [9.17, 15) is 8.78 Å². The summed E-state index contributed by atoms with van der Waals surface area (Å²) in [6.07, 6.45) is 3.18. The van der Waals surface area contributed by atoms with Crippen LogP contribution in [0.15, 0.2) is 8.42 Å². The van der Waals surface area contributed by atoms with Gasteiger partial charge in [0, 0.05) is 59.7 Å². The van der Waals surface area contributed by atoms with Crippen LogP contribution >= 0.6 is 46.6 Å². The van der Waals surface area contributed by atoms with E-state index in [0.717, 1.165) is 73.4 Å². The maximum atomic E-state index is 14.2. The van der Waals surface area contributed by atoms with Crippen LogP contribution in [0.3, 0.4) is 0 Å². The van der Waals surface area contributed by atoms with Crippen LogP contribution in [0.5, 0.6) is 0 Å². The Hall–Kier alpha value is -0.240. The molecule has 4 N–H and O–H groups in total. The molecular formula is C26H48F2N4OS4. The van der Waals surface area contributed by atoms with Gasteiger partial charge in [0.15, 0.2) is 11.6 Å². The van der Waals surface area contributed by atoms with E-state index in [0.29, 0.717) is 4.21 Å². The molecule has 5 nitrogen and oxygen atoms in total. The molecule has 0 aliphatic carbocycles. The average Bonchev–Trinajstić information content (AvgIpc) is 3.36. The van der Waals surface area contributed by atoms with Gasteiger partial charge in [0.2, 0.25) is 0 Å². The summed E-state index contributed by atoms with van der Waals surface area (Å²) >= 11 is 5.54. The molecule has 2 aliphatic heterocycles. The molecular weight excluding hydrogens is 551 g/mol. The van der Waals surface area contributed by atoms with Gasteiger partial charge in [0.1, 0.15) is 8.42 Å². The molecule has 0 spiro atoms. The van der Waals surface area contributed by atoms with Crippen molar-refractivity contribution in [2.24, 2.45) is 5.14 Å². The molecule has 0 radical (unpaired) electrons. The van der Waals surface area contributed by atoms with Crippen LogP contribution in [0.1, 0.15) is 75.8 Å². The topological polar surface area (TPSA) is 64.8 Å². The van der Waals surface area contributed by atoms with Crippen molar-refractivity contribution in [3.63, 3.8) is 0 Å². The van der Waals surface area contributed by atoms with Crippen LogP contribution in [0.2, 0.25) is 0 Å². The molecule has 0 amide bonds. The highest BCUT2D eigenvalue weighted by Crippen LogP contribution is 2.37. The predicted octanol–water partition coefficient (Wildman–Crippen LogP) is 7.16. The largest absolute Gasteiger partial charge is 0.400 e. The summed E-state index contributed by atoms with van der Waals surface area (Å²) < 4.78 is 32.4. The highest BCUT2D eigenvalue weighted by Gasteiger charge is 2.24. The minimum absolute atomic E-state index is 0.00159. The number of nitrogens with two attached hydrogens (primary N) is 1. The minimum atomic E-state index is -0.0981. The van der Waals surface area contributed by atoms with Gasteiger partial charge in [-0.3, -0.25) is 9.86 Å². The van der Waals surface area contributed by atoms with Crippen LogP contribution in [-0.4, -0.2) is 54.7 Å². The molecule has 0 saturated carbocycles. The molecule has 0 bridgehead atoms. The zero-order valence-electron chi connectivity index (χ0n) is 24.3. The standard InChI is InChI=1S/C12H19FN2S2.C8H11FN2S2.C3H8.C2H6.CH4O/c1-12(2,3)14-17-11-10(13)8-7-15(4)6-5-9(8)16-11;1-11-3-2-6-5(4-11)7(9)8(12-6)13-10;1-3-2;2*1-2/h14H,5-7H2,1-4H3;2-4,10H2,1H3;3H2,1-2H3;1-2H3;2H,1H3. The summed E-state index contributed by atoms with van der Waals surface area (Å²) in [4.78, 5) is 6.69. The second-order valence-corrected chi connectivity index (χ2v) is 13.7. The van der Waals surface area contributed by atoms with E-state index in [4.69, 9.17) is 10.2 Å². The Bertz CT molecular complexity index is 900. The zero-order chi connectivity index (χ0) is 28.8. The third-order valence-corrected chi connectivity index (χ3v) is 9.48. The first-order valence-corrected chi connectivity index (χ1v) is 16.1. The fraction of sp³-hybridized carbons (Fsp3) is 0.692. The Balaban J connectivity index is 0.000000576. The molecule has 0 atom stereocenters. The van der Waals surface area contributed by atoms with Crippen LogP contribution < -0.4 is 9.86 Å². The van der Waals surface area contributed by atoms with Gasteiger partial charge in [-0.15, -0.1) is 22.7 Å². The predicted molar refractivity (Wildman–Crippen MR) is 163 cm³/mol. The molecule has 37 heavy (non-hydrogen) atoms. The van der Waals surface area contributed by atoms with E-state index in [1.807, 2.05) is 27.9 Å². The minimum Gasteiger partial charge on any atom is -0.400 e. The maximum absolute atomic E-state index is 14.2. The Morgan fingerprint density at radius 3 is 1.65 bits per heavy atom. The number of fused-ring (bicyclic) bond motifs is 2. The molecule has 0 fully saturated rings. The van der Waals surface area contributed by atoms with Crippen LogP contribution in [0.25, 0.3) is 0 Å². The zero-order valence-corrected chi connectivity index (χ0v) is 27.5. The van der Waals surface area contributed by atoms with Crippen LogP contribution in [-0.2, 0) is 25.9 Å². The van der Waals surface area contributed by atoms with Crippen molar-refractivity contribution in [3.05, 3.63) is 32.5 Å². The Labute approximate surface area is 240 Å². The maximum Gasteiger partial charge on any atom is 0.153 e. The lowest BCUT2D eigenvalue weighted by Crippen LogP contribution is -2.29. The van der Waals surface area contributed by atoms with Crippen molar-refractivity contribution in [3.8, 4) is 0 Å². The van der Waals surface area contributed by atoms with Gasteiger partial charge < -0.3 is 14.9 Å². The number of aliphatic hydroxyl groups is 1. The molecule has 216 valence electrons. The van der Waals surface area contributed by atoms with Gasteiger partial charge in [0.05, 0.1) is 0 Å². The summed E-state index contributed by atoms with van der Waals surface area (Å²) in [5.41, 5.74) is 1.76. The molecule has 0 saturated heterocycles. The van der Waals surface area contributed by atoms with Crippen molar-refractivity contribution in [1.82, 2.24) is 14.5 Å². The number of nitrogens with one attached hydrogen (secondary N) is 1. The van der Waals surface area contributed by atoms with Gasteiger partial charge in [-0.2, -0.15) is 0 Å². The average molecular weight is 599 g/mol. The number of likely N-dealkylation sites (N-methyl/N-ethyl adjacent to an activating group) is 2. The third kappa shape index (κ3) is 12.2. The number of rotatable bonds is 3. The van der Waals surface area contributed by atoms with Gasteiger partial charge in [-0.25, -0.2) is 8.78 Å². The van der Waals surface area contributed by atoms with Gasteiger partial charge in [-0.1, -0.05) is 34.1 Å². The van der Waals surface area contributed by atoms with E-state index >= 15 is 0 Å². The Morgan fingerprint density at radius 1 is 0.892 bits per heavy atom. The van der Waals surface area contributed by atoms with Gasteiger partial charge in [-0.05, 0) is 71.6 Å². The molecule has 4 rings (SSSR count). The van der Waals surface area contributed by atoms with Crippen molar-refractivity contribution >= 4 is 46.6 Å². The van der Waals surface area contributed by atoms with Crippen molar-refractivity contribution < 1.29 is 13.9 Å². The number of aliphatic hydroxyl groups excluding tert-OH is 1. The fourth-order valence-electron chi connectivity index (χ4n) is 3.27. The van der Waals surface area contributed by atoms with E-state index in [2.05, 4.69) is 49.1 Å². The lowest BCUT2D eigenvalue weighted by Gasteiger charge is -2.21. The van der Waals surface area contributed by atoms with Crippen LogP contribution in [0, 0.1) is 11.6 Å². The monoisotopic (exact) mass is 598 g/mol. The van der Waals surface area contributed by atoms with E-state index < -0.39 is 0 Å².